The second-order valence-electron chi connectivity index (χ2n) is 5.73. The number of nitrogens with zero attached hydrogens (tertiary/aromatic N) is 1. The molecule has 5 nitrogen and oxygen atoms in total. The van der Waals surface area contributed by atoms with E-state index >= 15 is 0 Å². The highest BCUT2D eigenvalue weighted by molar-refractivity contribution is 6.32. The summed E-state index contributed by atoms with van der Waals surface area (Å²) in [6, 6.07) is 3.19. The highest BCUT2D eigenvalue weighted by Crippen LogP contribution is 2.45. The first-order valence-corrected chi connectivity index (χ1v) is 7.56. The summed E-state index contributed by atoms with van der Waals surface area (Å²) < 4.78 is 57.7. The van der Waals surface area contributed by atoms with Gasteiger partial charge in [-0.2, -0.15) is 13.2 Å². The number of amides is 1. The molecule has 1 heterocycles. The number of carboxylic acids is 1. The number of aliphatic carboxylic acids is 1. The minimum atomic E-state index is -4.99. The van der Waals surface area contributed by atoms with Crippen molar-refractivity contribution in [3.8, 4) is 5.75 Å². The van der Waals surface area contributed by atoms with Gasteiger partial charge in [0.15, 0.2) is 11.5 Å². The average molecular weight is 384 g/mol. The number of hydrogen-bond acceptors (Lipinski definition) is 3. The Morgan fingerprint density at radius 3 is 2.52 bits per heavy atom. The van der Waals surface area contributed by atoms with Crippen LogP contribution in [0.5, 0.6) is 5.75 Å². The number of benzene rings is 1. The maximum atomic E-state index is 13.1. The zero-order chi connectivity index (χ0) is 19.0. The first kappa shape index (κ1) is 19.3. The van der Waals surface area contributed by atoms with E-state index < -0.39 is 48.4 Å². The van der Waals surface area contributed by atoms with Crippen molar-refractivity contribution in [1.29, 1.82) is 0 Å². The monoisotopic (exact) mass is 383 g/mol. The van der Waals surface area contributed by atoms with Crippen LogP contribution >= 0.6 is 11.6 Å². The number of carbonyl (C=O) groups is 2. The molecule has 0 saturated carbocycles. The van der Waals surface area contributed by atoms with Gasteiger partial charge in [0.25, 0.3) is 5.91 Å². The van der Waals surface area contributed by atoms with Crippen LogP contribution in [-0.2, 0) is 9.59 Å². The lowest BCUT2D eigenvalue weighted by Crippen LogP contribution is -2.49. The van der Waals surface area contributed by atoms with Crippen molar-refractivity contribution >= 4 is 23.5 Å². The number of rotatable bonds is 4. The molecule has 1 amide bonds. The number of carbonyl (C=O) groups excluding carboxylic acids is 1. The van der Waals surface area contributed by atoms with Crippen molar-refractivity contribution in [2.24, 2.45) is 5.41 Å². The zero-order valence-corrected chi connectivity index (χ0v) is 13.7. The molecular formula is C15H14ClF4NO4. The van der Waals surface area contributed by atoms with Gasteiger partial charge in [0, 0.05) is 13.1 Å². The molecule has 25 heavy (non-hydrogen) atoms. The van der Waals surface area contributed by atoms with E-state index in [1.807, 2.05) is 0 Å². The molecule has 0 aliphatic carbocycles. The molecule has 0 aromatic heterocycles. The Morgan fingerprint density at radius 1 is 1.40 bits per heavy atom. The van der Waals surface area contributed by atoms with Crippen LogP contribution in [0.25, 0.3) is 0 Å². The number of hydrogen-bond donors (Lipinski definition) is 1. The van der Waals surface area contributed by atoms with Crippen molar-refractivity contribution in [3.63, 3.8) is 0 Å². The number of alkyl halides is 3. The van der Waals surface area contributed by atoms with Gasteiger partial charge in [-0.05, 0) is 31.5 Å². The third-order valence-corrected chi connectivity index (χ3v) is 4.37. The Bertz CT molecular complexity index is 697. The Labute approximate surface area is 145 Å². The van der Waals surface area contributed by atoms with E-state index in [1.165, 1.54) is 13.0 Å². The Kier molecular flexibility index (Phi) is 5.17. The first-order chi connectivity index (χ1) is 11.5. The van der Waals surface area contributed by atoms with E-state index in [1.54, 1.807) is 0 Å². The summed E-state index contributed by atoms with van der Waals surface area (Å²) in [6.07, 6.45) is -6.94. The van der Waals surface area contributed by atoms with E-state index in [4.69, 9.17) is 21.4 Å². The van der Waals surface area contributed by atoms with E-state index in [0.29, 0.717) is 0 Å². The van der Waals surface area contributed by atoms with Crippen molar-refractivity contribution < 1.29 is 37.0 Å². The van der Waals surface area contributed by atoms with Crippen LogP contribution in [0, 0.1) is 11.2 Å². The topological polar surface area (TPSA) is 66.8 Å². The molecule has 0 radical (unpaired) electrons. The van der Waals surface area contributed by atoms with E-state index in [-0.39, 0.29) is 17.3 Å². The molecule has 138 valence electrons. The third-order valence-electron chi connectivity index (χ3n) is 4.08. The van der Waals surface area contributed by atoms with Gasteiger partial charge in [-0.1, -0.05) is 11.6 Å². The highest BCUT2D eigenvalue weighted by atomic mass is 35.5. The molecule has 1 fully saturated rings. The van der Waals surface area contributed by atoms with Gasteiger partial charge in [-0.25, -0.2) is 4.39 Å². The summed E-state index contributed by atoms with van der Waals surface area (Å²) >= 11 is 5.77. The molecular weight excluding hydrogens is 370 g/mol. The van der Waals surface area contributed by atoms with Crippen LogP contribution in [0.15, 0.2) is 18.2 Å². The second kappa shape index (κ2) is 6.70. The largest absolute Gasteiger partial charge is 0.481 e. The molecule has 1 N–H and O–H groups in total. The second-order valence-corrected chi connectivity index (χ2v) is 6.14. The average Bonchev–Trinajstić information content (AvgIpc) is 2.95. The summed E-state index contributed by atoms with van der Waals surface area (Å²) in [5.41, 5.74) is -2.99. The number of ether oxygens (including phenoxy) is 1. The fourth-order valence-corrected chi connectivity index (χ4v) is 2.81. The molecule has 1 aromatic carbocycles. The van der Waals surface area contributed by atoms with Crippen LogP contribution in [-0.4, -0.2) is 47.3 Å². The van der Waals surface area contributed by atoms with Crippen LogP contribution in [0.1, 0.15) is 13.3 Å². The molecule has 1 saturated heterocycles. The zero-order valence-electron chi connectivity index (χ0n) is 12.9. The number of likely N-dealkylation sites (tertiary alicyclic amines) is 1. The van der Waals surface area contributed by atoms with Gasteiger partial charge < -0.3 is 14.7 Å². The predicted octanol–water partition coefficient (Wildman–Crippen LogP) is 3.11. The lowest BCUT2D eigenvalue weighted by molar-refractivity contribution is -0.227. The Morgan fingerprint density at radius 2 is 2.04 bits per heavy atom. The van der Waals surface area contributed by atoms with Crippen LogP contribution < -0.4 is 4.74 Å². The lowest BCUT2D eigenvalue weighted by atomic mass is 9.86. The molecule has 2 atom stereocenters. The lowest BCUT2D eigenvalue weighted by Gasteiger charge is -2.28. The summed E-state index contributed by atoms with van der Waals surface area (Å²) in [4.78, 5) is 24.2. The van der Waals surface area contributed by atoms with Gasteiger partial charge in [0.1, 0.15) is 11.6 Å². The van der Waals surface area contributed by atoms with Gasteiger partial charge in [0.2, 0.25) is 0 Å². The van der Waals surface area contributed by atoms with Crippen molar-refractivity contribution in [3.05, 3.63) is 29.0 Å². The van der Waals surface area contributed by atoms with Crippen LogP contribution in [0.4, 0.5) is 17.6 Å². The maximum Gasteiger partial charge on any atom is 0.406 e. The molecule has 2 unspecified atom stereocenters. The van der Waals surface area contributed by atoms with Gasteiger partial charge in [0.05, 0.1) is 5.02 Å². The molecule has 1 aliphatic heterocycles. The SMILES string of the molecule is CC(Oc1ccc(F)cc1Cl)C(=O)N1CCC(C(=O)O)(C(F)(F)F)C1. The van der Waals surface area contributed by atoms with Gasteiger partial charge in [-0.3, -0.25) is 9.59 Å². The third kappa shape index (κ3) is 3.65. The van der Waals surface area contributed by atoms with Crippen molar-refractivity contribution in [1.82, 2.24) is 4.90 Å². The summed E-state index contributed by atoms with van der Waals surface area (Å²) in [7, 11) is 0. The van der Waals surface area contributed by atoms with Crippen molar-refractivity contribution in [2.45, 2.75) is 25.6 Å². The van der Waals surface area contributed by atoms with Gasteiger partial charge >= 0.3 is 12.1 Å². The fraction of sp³-hybridized carbons (Fsp3) is 0.467. The summed E-state index contributed by atoms with van der Waals surface area (Å²) in [6.45, 7) is -0.0681. The first-order valence-electron chi connectivity index (χ1n) is 7.18. The smallest absolute Gasteiger partial charge is 0.406 e. The van der Waals surface area contributed by atoms with E-state index in [0.717, 1.165) is 17.0 Å². The summed E-state index contributed by atoms with van der Waals surface area (Å²) in [5.74, 6) is -3.46. The van der Waals surface area contributed by atoms with E-state index in [2.05, 4.69) is 0 Å². The molecule has 1 aromatic rings. The normalized spacial score (nSPS) is 21.9. The van der Waals surface area contributed by atoms with Crippen LogP contribution in [0.3, 0.4) is 0 Å². The fourth-order valence-electron chi connectivity index (χ4n) is 2.59. The minimum absolute atomic E-state index is 0.0107. The molecule has 0 bridgehead atoms. The molecule has 0 spiro atoms. The minimum Gasteiger partial charge on any atom is -0.481 e. The molecule has 2 rings (SSSR count). The van der Waals surface area contributed by atoms with Crippen molar-refractivity contribution in [2.75, 3.05) is 13.1 Å². The summed E-state index contributed by atoms with van der Waals surface area (Å²) in [5, 5.41) is 8.89. The highest BCUT2D eigenvalue weighted by Gasteiger charge is 2.64. The van der Waals surface area contributed by atoms with Crippen LogP contribution in [0.2, 0.25) is 5.02 Å². The Hall–Kier alpha value is -2.03. The van der Waals surface area contributed by atoms with Gasteiger partial charge in [-0.15, -0.1) is 0 Å². The Balaban J connectivity index is 2.12. The quantitative estimate of drug-likeness (QED) is 0.811. The predicted molar refractivity (Wildman–Crippen MR) is 78.8 cm³/mol. The number of halogens is 5. The molecule has 10 heteroatoms. The number of carboxylic acid groups (broad SMARTS) is 1. The molecule has 1 aliphatic rings. The maximum absolute atomic E-state index is 13.1. The standard InChI is InChI=1S/C15H14ClF4NO4/c1-8(25-11-3-2-9(17)6-10(11)16)12(22)21-5-4-14(7-21,13(23)24)15(18,19)20/h2-3,6,8H,4-5,7H2,1H3,(H,23,24). The van der Waals surface area contributed by atoms with E-state index in [9.17, 15) is 27.2 Å².